The smallest absolute Gasteiger partial charge is 0.221 e. The van der Waals surface area contributed by atoms with Gasteiger partial charge in [0.2, 0.25) is 10.0 Å². The van der Waals surface area contributed by atoms with Crippen molar-refractivity contribution in [3.8, 4) is 0 Å². The molecule has 58 valence electrons. The van der Waals surface area contributed by atoms with Crippen LogP contribution < -0.4 is 0 Å². The first-order valence-corrected chi connectivity index (χ1v) is 4.35. The fraction of sp³-hybridized carbons (Fsp3) is 1.00. The van der Waals surface area contributed by atoms with E-state index in [1.54, 1.807) is 6.92 Å². The van der Waals surface area contributed by atoms with Crippen molar-refractivity contribution in [3.05, 3.63) is 10.4 Å². The average molecular weight is 163 g/mol. The van der Waals surface area contributed by atoms with Crippen LogP contribution in [0.4, 0.5) is 0 Å². The van der Waals surface area contributed by atoms with Crippen molar-refractivity contribution in [1.82, 2.24) is 0 Å². The molecule has 0 bridgehead atoms. The Labute approximate surface area is 59.7 Å². The van der Waals surface area contributed by atoms with Crippen LogP contribution in [0.2, 0.25) is 0 Å². The van der Waals surface area contributed by atoms with Gasteiger partial charge in [0.25, 0.3) is 0 Å². The Morgan fingerprint density at radius 3 is 2.50 bits per heavy atom. The zero-order chi connectivity index (χ0) is 8.20. The fourth-order valence-electron chi connectivity index (χ4n) is 0.342. The summed E-state index contributed by atoms with van der Waals surface area (Å²) < 4.78 is 24.2. The predicted molar refractivity (Wildman–Crippen MR) is 37.8 cm³/mol. The number of rotatable bonds is 3. The molecule has 0 fully saturated rings. The molecule has 0 amide bonds. The lowest BCUT2D eigenvalue weighted by molar-refractivity contribution is 0.582. The van der Waals surface area contributed by atoms with Crippen LogP contribution >= 0.6 is 0 Å². The zero-order valence-corrected chi connectivity index (χ0v) is 6.67. The molecular weight excluding hydrogens is 154 g/mol. The van der Waals surface area contributed by atoms with E-state index < -0.39 is 15.3 Å². The molecule has 0 N–H and O–H groups in total. The molecule has 0 aromatic carbocycles. The summed E-state index contributed by atoms with van der Waals surface area (Å²) in [7, 11) is -3.55. The van der Waals surface area contributed by atoms with Gasteiger partial charge < -0.3 is 0 Å². The fourth-order valence-corrected chi connectivity index (χ4v) is 1.03. The molecule has 5 nitrogen and oxygen atoms in total. The van der Waals surface area contributed by atoms with Crippen LogP contribution in [0.25, 0.3) is 10.4 Å². The third kappa shape index (κ3) is 2.24. The Morgan fingerprint density at radius 1 is 1.70 bits per heavy atom. The minimum absolute atomic E-state index is 0.460. The van der Waals surface area contributed by atoms with Crippen LogP contribution in [-0.4, -0.2) is 13.7 Å². The van der Waals surface area contributed by atoms with Gasteiger partial charge in [-0.1, -0.05) is 6.92 Å². The van der Waals surface area contributed by atoms with Crippen LogP contribution in [-0.2, 0) is 10.0 Å². The van der Waals surface area contributed by atoms with E-state index in [-0.39, 0.29) is 0 Å². The average Bonchev–Trinajstić information content (AvgIpc) is 1.86. The summed E-state index contributed by atoms with van der Waals surface area (Å²) in [5.41, 5.74) is 7.83. The van der Waals surface area contributed by atoms with Gasteiger partial charge in [-0.05, 0) is 18.9 Å². The number of hydrogen-bond donors (Lipinski definition) is 0. The Hall–Kier alpha value is -0.740. The minimum atomic E-state index is -3.55. The van der Waals surface area contributed by atoms with Crippen molar-refractivity contribution in [2.45, 2.75) is 25.5 Å². The zero-order valence-electron chi connectivity index (χ0n) is 5.85. The first-order valence-electron chi connectivity index (χ1n) is 2.84. The summed E-state index contributed by atoms with van der Waals surface area (Å²) in [6, 6.07) is 0. The lowest BCUT2D eigenvalue weighted by atomic mass is 10.4. The van der Waals surface area contributed by atoms with Gasteiger partial charge in [-0.15, -0.1) is 0 Å². The highest BCUT2D eigenvalue weighted by Crippen LogP contribution is 2.06. The molecule has 10 heavy (non-hydrogen) atoms. The van der Waals surface area contributed by atoms with E-state index in [0.717, 1.165) is 0 Å². The van der Waals surface area contributed by atoms with Crippen molar-refractivity contribution in [1.29, 1.82) is 0 Å². The maximum atomic E-state index is 10.7. The van der Waals surface area contributed by atoms with Gasteiger partial charge in [-0.3, -0.25) is 0 Å². The topological polar surface area (TPSA) is 82.9 Å². The Kier molecular flexibility index (Phi) is 3.18. The second kappa shape index (κ2) is 3.43. The monoisotopic (exact) mass is 163 g/mol. The third-order valence-electron chi connectivity index (χ3n) is 1.23. The molecular formula is C4H9N3O2S. The van der Waals surface area contributed by atoms with Gasteiger partial charge in [0.05, 0.1) is 5.25 Å². The first kappa shape index (κ1) is 9.26. The van der Waals surface area contributed by atoms with E-state index in [1.807, 2.05) is 0 Å². The summed E-state index contributed by atoms with van der Waals surface area (Å²) in [5, 5.41) is -0.580. The molecule has 0 saturated heterocycles. The van der Waals surface area contributed by atoms with Crippen LogP contribution in [0.3, 0.4) is 0 Å². The lowest BCUT2D eigenvalue weighted by Gasteiger charge is -2.01. The lowest BCUT2D eigenvalue weighted by Crippen LogP contribution is -2.12. The maximum absolute atomic E-state index is 10.7. The Bertz CT molecular complexity index is 239. The SMILES string of the molecule is CCC(C)S(=O)(=O)N=[N+]=[N-]. The van der Waals surface area contributed by atoms with Gasteiger partial charge in [-0.25, -0.2) is 8.42 Å². The minimum Gasteiger partial charge on any atom is -0.221 e. The van der Waals surface area contributed by atoms with Crippen LogP contribution in [0.5, 0.6) is 0 Å². The molecule has 0 heterocycles. The van der Waals surface area contributed by atoms with Gasteiger partial charge in [-0.2, -0.15) is 0 Å². The van der Waals surface area contributed by atoms with E-state index in [0.29, 0.717) is 6.42 Å². The van der Waals surface area contributed by atoms with Crippen LogP contribution in [0.15, 0.2) is 4.52 Å². The van der Waals surface area contributed by atoms with E-state index >= 15 is 0 Å². The van der Waals surface area contributed by atoms with Crippen molar-refractivity contribution in [2.24, 2.45) is 4.52 Å². The van der Waals surface area contributed by atoms with E-state index in [4.69, 9.17) is 5.53 Å². The van der Waals surface area contributed by atoms with E-state index in [1.165, 1.54) is 6.92 Å². The third-order valence-corrected chi connectivity index (χ3v) is 2.88. The van der Waals surface area contributed by atoms with Crippen molar-refractivity contribution in [3.63, 3.8) is 0 Å². The predicted octanol–water partition coefficient (Wildman–Crippen LogP) is 1.43. The second-order valence-electron chi connectivity index (χ2n) is 1.90. The molecule has 1 unspecified atom stereocenters. The Morgan fingerprint density at radius 2 is 2.20 bits per heavy atom. The normalized spacial score (nSPS) is 13.8. The standard InChI is InChI=1S/C4H9N3O2S/c1-3-4(2)10(8,9)7-6-5/h4H,3H2,1-2H3. The highest BCUT2D eigenvalue weighted by molar-refractivity contribution is 7.90. The van der Waals surface area contributed by atoms with Gasteiger partial charge in [0.15, 0.2) is 0 Å². The molecule has 0 saturated carbocycles. The summed E-state index contributed by atoms with van der Waals surface area (Å²) >= 11 is 0. The number of hydrogen-bond acceptors (Lipinski definition) is 2. The molecule has 1 atom stereocenters. The molecule has 0 aliphatic heterocycles. The number of sulfonamides is 1. The summed E-state index contributed by atoms with van der Waals surface area (Å²) in [6.07, 6.45) is 0.460. The molecule has 0 aromatic heterocycles. The number of nitrogens with zero attached hydrogens (tertiary/aromatic N) is 3. The molecule has 6 heteroatoms. The van der Waals surface area contributed by atoms with Crippen molar-refractivity contribution >= 4 is 10.0 Å². The largest absolute Gasteiger partial charge is 0.238 e. The second-order valence-corrected chi connectivity index (χ2v) is 3.90. The highest BCUT2D eigenvalue weighted by atomic mass is 32.2. The first-order chi connectivity index (χ1) is 4.54. The summed E-state index contributed by atoms with van der Waals surface area (Å²) in [5.74, 6) is 0. The summed E-state index contributed by atoms with van der Waals surface area (Å²) in [4.78, 5) is 2.21. The maximum Gasteiger partial charge on any atom is 0.238 e. The molecule has 0 aromatic rings. The van der Waals surface area contributed by atoms with Gasteiger partial charge in [0, 0.05) is 9.43 Å². The molecule has 0 spiro atoms. The van der Waals surface area contributed by atoms with Crippen LogP contribution in [0, 0.1) is 0 Å². The van der Waals surface area contributed by atoms with Gasteiger partial charge >= 0.3 is 0 Å². The van der Waals surface area contributed by atoms with Crippen molar-refractivity contribution < 1.29 is 8.42 Å². The number of azide groups is 1. The summed E-state index contributed by atoms with van der Waals surface area (Å²) in [6.45, 7) is 3.22. The van der Waals surface area contributed by atoms with Gasteiger partial charge in [0.1, 0.15) is 0 Å². The molecule has 0 aliphatic rings. The van der Waals surface area contributed by atoms with E-state index in [9.17, 15) is 8.42 Å². The van der Waals surface area contributed by atoms with E-state index in [2.05, 4.69) is 9.43 Å². The molecule has 0 aliphatic carbocycles. The Balaban J connectivity index is 4.58. The van der Waals surface area contributed by atoms with Crippen LogP contribution in [0.1, 0.15) is 20.3 Å². The highest BCUT2D eigenvalue weighted by Gasteiger charge is 2.15. The molecule has 0 rings (SSSR count). The molecule has 0 radical (unpaired) electrons. The van der Waals surface area contributed by atoms with Crippen molar-refractivity contribution in [2.75, 3.05) is 0 Å². The quantitative estimate of drug-likeness (QED) is 0.358.